The molecule has 1 heterocycles. The molecule has 1 saturated heterocycles. The molecule has 0 bridgehead atoms. The van der Waals surface area contributed by atoms with E-state index in [0.717, 1.165) is 17.6 Å². The quantitative estimate of drug-likeness (QED) is 0.501. The summed E-state index contributed by atoms with van der Waals surface area (Å²) in [5, 5.41) is 21.1. The molecule has 2 fully saturated rings. The van der Waals surface area contributed by atoms with Gasteiger partial charge in [-0.15, -0.1) is 13.2 Å². The molecule has 0 aromatic heterocycles. The van der Waals surface area contributed by atoms with Crippen molar-refractivity contribution in [2.45, 2.75) is 57.4 Å². The fraction of sp³-hybridized carbons (Fsp3) is 0.500. The van der Waals surface area contributed by atoms with E-state index in [1.54, 1.807) is 24.3 Å². The Balaban J connectivity index is 1.64. The topological polar surface area (TPSA) is 76.0 Å². The Kier molecular flexibility index (Phi) is 5.38. The summed E-state index contributed by atoms with van der Waals surface area (Å²) in [4.78, 5) is 12.0. The van der Waals surface area contributed by atoms with Crippen molar-refractivity contribution in [1.82, 2.24) is 0 Å². The van der Waals surface area contributed by atoms with E-state index >= 15 is 0 Å². The minimum absolute atomic E-state index is 0.0622. The second-order valence-corrected chi connectivity index (χ2v) is 9.58. The lowest BCUT2D eigenvalue weighted by atomic mass is 9.48. The van der Waals surface area contributed by atoms with Gasteiger partial charge in [-0.05, 0) is 48.8 Å². The Morgan fingerprint density at radius 2 is 2.00 bits per heavy atom. The summed E-state index contributed by atoms with van der Waals surface area (Å²) in [6.45, 7) is 16.1. The summed E-state index contributed by atoms with van der Waals surface area (Å²) in [7, 11) is 0. The van der Waals surface area contributed by atoms with E-state index < -0.39 is 28.8 Å². The minimum Gasteiger partial charge on any atom is -0.368 e. The summed E-state index contributed by atoms with van der Waals surface area (Å²) in [6.07, 6.45) is 12.2. The van der Waals surface area contributed by atoms with Gasteiger partial charge in [0.15, 0.2) is 12.1 Å². The molecule has 1 saturated carbocycles. The second kappa shape index (κ2) is 7.52. The van der Waals surface area contributed by atoms with Crippen LogP contribution in [0, 0.1) is 22.7 Å². The third-order valence-corrected chi connectivity index (χ3v) is 8.09. The van der Waals surface area contributed by atoms with Gasteiger partial charge in [0.05, 0.1) is 6.10 Å². The van der Waals surface area contributed by atoms with Gasteiger partial charge in [0.25, 0.3) is 0 Å². The number of ketones is 1. The SMILES string of the molecule is C=C[C@H]1OC2(C=CC2=C)O[C@@H]1C[C@H](C)[C@]1(C)CCC2=CC(=O)C=C[C@]2(C=C)[C@H]1C(O)O. The van der Waals surface area contributed by atoms with Crippen molar-refractivity contribution in [1.29, 1.82) is 0 Å². The van der Waals surface area contributed by atoms with E-state index in [4.69, 9.17) is 9.47 Å². The van der Waals surface area contributed by atoms with Gasteiger partial charge in [-0.1, -0.05) is 50.3 Å². The zero-order valence-electron chi connectivity index (χ0n) is 18.3. The van der Waals surface area contributed by atoms with E-state index in [-0.39, 0.29) is 23.9 Å². The summed E-state index contributed by atoms with van der Waals surface area (Å²) in [6, 6.07) is 0. The molecule has 4 aliphatic rings. The van der Waals surface area contributed by atoms with Gasteiger partial charge >= 0.3 is 0 Å². The first-order valence-corrected chi connectivity index (χ1v) is 10.9. The number of fused-ring (bicyclic) bond motifs is 1. The molecule has 1 unspecified atom stereocenters. The molecule has 1 aliphatic heterocycles. The van der Waals surface area contributed by atoms with Crippen LogP contribution in [0.5, 0.6) is 0 Å². The van der Waals surface area contributed by atoms with Crippen LogP contribution in [0.3, 0.4) is 0 Å². The summed E-state index contributed by atoms with van der Waals surface area (Å²) < 4.78 is 12.4. The lowest BCUT2D eigenvalue weighted by Crippen LogP contribution is -2.54. The number of carbonyl (C=O) groups excluding carboxylic acids is 1. The molecule has 7 atom stereocenters. The van der Waals surface area contributed by atoms with Crippen LogP contribution >= 0.6 is 0 Å². The maximum atomic E-state index is 12.0. The molecule has 5 heteroatoms. The van der Waals surface area contributed by atoms with Crippen molar-refractivity contribution < 1.29 is 24.5 Å². The van der Waals surface area contributed by atoms with Crippen molar-refractivity contribution in [2.24, 2.45) is 22.7 Å². The lowest BCUT2D eigenvalue weighted by molar-refractivity contribution is -0.169. The fourth-order valence-electron chi connectivity index (χ4n) is 6.00. The van der Waals surface area contributed by atoms with E-state index in [9.17, 15) is 15.0 Å². The maximum absolute atomic E-state index is 12.0. The molecule has 5 nitrogen and oxygen atoms in total. The molecule has 0 aromatic rings. The third-order valence-electron chi connectivity index (χ3n) is 8.09. The lowest BCUT2D eigenvalue weighted by Gasteiger charge is -2.56. The highest BCUT2D eigenvalue weighted by atomic mass is 16.8. The second-order valence-electron chi connectivity index (χ2n) is 9.58. The van der Waals surface area contributed by atoms with Crippen LogP contribution in [-0.4, -0.2) is 40.3 Å². The van der Waals surface area contributed by atoms with Gasteiger partial charge in [0, 0.05) is 16.9 Å². The molecule has 0 aromatic carbocycles. The first-order chi connectivity index (χ1) is 14.6. The molecular formula is C26H32O5. The number of rotatable bonds is 6. The molecule has 2 N–H and O–H groups in total. The highest BCUT2D eigenvalue weighted by Crippen LogP contribution is 2.61. The first-order valence-electron chi connectivity index (χ1n) is 10.9. The number of allylic oxidation sites excluding steroid dienone is 5. The van der Waals surface area contributed by atoms with Crippen LogP contribution in [-0.2, 0) is 14.3 Å². The molecule has 4 rings (SSSR count). The number of aliphatic hydroxyl groups is 2. The zero-order chi connectivity index (χ0) is 22.6. The van der Waals surface area contributed by atoms with Crippen molar-refractivity contribution in [2.75, 3.05) is 0 Å². The molecule has 1 spiro atoms. The number of hydrogen-bond acceptors (Lipinski definition) is 5. The highest BCUT2D eigenvalue weighted by molar-refractivity contribution is 6.01. The summed E-state index contributed by atoms with van der Waals surface area (Å²) in [5.74, 6) is -1.42. The van der Waals surface area contributed by atoms with Crippen LogP contribution in [0.4, 0.5) is 0 Å². The normalized spacial score (nSPS) is 42.4. The molecule has 0 amide bonds. The van der Waals surface area contributed by atoms with Crippen LogP contribution < -0.4 is 0 Å². The molecule has 3 aliphatic carbocycles. The third kappa shape index (κ3) is 3.18. The van der Waals surface area contributed by atoms with Crippen LogP contribution in [0.1, 0.15) is 33.1 Å². The number of carbonyl (C=O) groups is 1. The predicted octanol–water partition coefficient (Wildman–Crippen LogP) is 3.77. The van der Waals surface area contributed by atoms with Crippen molar-refractivity contribution in [3.8, 4) is 0 Å². The van der Waals surface area contributed by atoms with E-state index in [1.165, 1.54) is 6.08 Å². The zero-order valence-corrected chi connectivity index (χ0v) is 18.3. The summed E-state index contributed by atoms with van der Waals surface area (Å²) in [5.41, 5.74) is 0.485. The Hall–Kier alpha value is -2.05. The molecular weight excluding hydrogens is 392 g/mol. The average molecular weight is 425 g/mol. The van der Waals surface area contributed by atoms with Crippen LogP contribution in [0.25, 0.3) is 0 Å². The molecule has 31 heavy (non-hydrogen) atoms. The van der Waals surface area contributed by atoms with Gasteiger partial charge in [-0.3, -0.25) is 4.79 Å². The smallest absolute Gasteiger partial charge is 0.215 e. The largest absolute Gasteiger partial charge is 0.368 e. The predicted molar refractivity (Wildman–Crippen MR) is 119 cm³/mol. The maximum Gasteiger partial charge on any atom is 0.215 e. The van der Waals surface area contributed by atoms with E-state index in [1.807, 2.05) is 12.2 Å². The Bertz CT molecular complexity index is 911. The van der Waals surface area contributed by atoms with Crippen LogP contribution in [0.2, 0.25) is 0 Å². The van der Waals surface area contributed by atoms with Gasteiger partial charge in [-0.2, -0.15) is 0 Å². The standard InChI is InChI=1S/C26H32O5/c1-6-20-21(31-26(30-20)13-8-16(26)3)14-17(4)24(5)11-9-18-15-19(27)10-12-25(18,7-2)22(24)23(28)29/h6-8,10,12-13,15,17,20-23,28-29H,1-3,9,11,14H2,4-5H3/t17-,20+,21+,22-,24-,25-,26?/m0/s1. The van der Waals surface area contributed by atoms with Crippen LogP contribution in [0.15, 0.2) is 73.4 Å². The van der Waals surface area contributed by atoms with Crippen molar-refractivity contribution in [3.05, 3.63) is 73.4 Å². The Labute approximate surface area is 184 Å². The first kappa shape index (κ1) is 22.2. The summed E-state index contributed by atoms with van der Waals surface area (Å²) >= 11 is 0. The average Bonchev–Trinajstić information content (AvgIpc) is 3.13. The van der Waals surface area contributed by atoms with Gasteiger partial charge in [0.2, 0.25) is 5.79 Å². The fourth-order valence-corrected chi connectivity index (χ4v) is 6.00. The number of aliphatic hydroxyl groups excluding tert-OH is 1. The number of ether oxygens (including phenoxy) is 2. The monoisotopic (exact) mass is 424 g/mol. The minimum atomic E-state index is -1.57. The Morgan fingerprint density at radius 3 is 2.55 bits per heavy atom. The molecule has 166 valence electrons. The van der Waals surface area contributed by atoms with E-state index in [2.05, 4.69) is 33.6 Å². The Morgan fingerprint density at radius 1 is 1.26 bits per heavy atom. The van der Waals surface area contributed by atoms with Crippen molar-refractivity contribution in [3.63, 3.8) is 0 Å². The van der Waals surface area contributed by atoms with Gasteiger partial charge < -0.3 is 19.7 Å². The van der Waals surface area contributed by atoms with E-state index in [0.29, 0.717) is 12.8 Å². The van der Waals surface area contributed by atoms with Gasteiger partial charge in [0.1, 0.15) is 6.10 Å². The highest BCUT2D eigenvalue weighted by Gasteiger charge is 2.58. The van der Waals surface area contributed by atoms with Crippen molar-refractivity contribution >= 4 is 5.78 Å². The molecule has 0 radical (unpaired) electrons. The number of hydrogen-bond donors (Lipinski definition) is 2. The van der Waals surface area contributed by atoms with Gasteiger partial charge in [-0.25, -0.2) is 0 Å².